The van der Waals surface area contributed by atoms with Gasteiger partial charge >= 0.3 is 0 Å². The van der Waals surface area contributed by atoms with Crippen molar-refractivity contribution in [3.63, 3.8) is 0 Å². The van der Waals surface area contributed by atoms with E-state index in [0.717, 1.165) is 0 Å². The van der Waals surface area contributed by atoms with Crippen LogP contribution >= 0.6 is 0 Å². The number of amides is 5. The number of carbonyl (C=O) groups excluding carboxylic acids is 5. The maximum absolute atomic E-state index is 13.1. The van der Waals surface area contributed by atoms with E-state index in [4.69, 9.17) is 9.47 Å². The minimum atomic E-state index is -0.799. The fourth-order valence-electron chi connectivity index (χ4n) is 4.02. The number of fused-ring (bicyclic) bond motifs is 1. The summed E-state index contributed by atoms with van der Waals surface area (Å²) >= 11 is 0. The summed E-state index contributed by atoms with van der Waals surface area (Å²) in [4.78, 5) is 63.7. The molecule has 4 rings (SSSR count). The number of benzene rings is 2. The number of imide groups is 2. The Balaban J connectivity index is 1.55. The van der Waals surface area contributed by atoms with Gasteiger partial charge in [0.05, 0.1) is 25.3 Å². The fourth-order valence-corrected chi connectivity index (χ4v) is 4.02. The van der Waals surface area contributed by atoms with Gasteiger partial charge in [-0.1, -0.05) is 12.1 Å². The Kier molecular flexibility index (Phi) is 5.82. The van der Waals surface area contributed by atoms with Crippen molar-refractivity contribution in [3.8, 4) is 11.5 Å². The highest BCUT2D eigenvalue weighted by Gasteiger charge is 2.40. The molecule has 0 saturated carbocycles. The van der Waals surface area contributed by atoms with E-state index in [9.17, 15) is 24.0 Å². The quantitative estimate of drug-likeness (QED) is 0.649. The van der Waals surface area contributed by atoms with Crippen LogP contribution < -0.4 is 20.1 Å². The number of carbonyl (C=O) groups is 5. The molecule has 0 radical (unpaired) electrons. The molecule has 0 spiro atoms. The van der Waals surface area contributed by atoms with Crippen molar-refractivity contribution in [1.82, 2.24) is 15.5 Å². The van der Waals surface area contributed by atoms with Crippen LogP contribution in [0.5, 0.6) is 11.5 Å². The van der Waals surface area contributed by atoms with Gasteiger partial charge in [-0.05, 0) is 36.2 Å². The van der Waals surface area contributed by atoms with Gasteiger partial charge in [0.25, 0.3) is 17.7 Å². The molecule has 2 N–H and O–H groups in total. The molecular weight excluding hydrogens is 430 g/mol. The Morgan fingerprint density at radius 3 is 2.48 bits per heavy atom. The molecule has 10 heteroatoms. The zero-order chi connectivity index (χ0) is 23.7. The maximum atomic E-state index is 13.1. The molecule has 2 aliphatic rings. The first kappa shape index (κ1) is 22.0. The van der Waals surface area contributed by atoms with Gasteiger partial charge < -0.3 is 14.4 Å². The highest BCUT2D eigenvalue weighted by atomic mass is 16.5. The van der Waals surface area contributed by atoms with Gasteiger partial charge in [0.2, 0.25) is 11.8 Å². The average molecular weight is 451 g/mol. The standard InChI is InChI=1S/C23H21N3O7/c1-32-16-8-6-12(10-17(16)33-2)20(28)25-21(29)14-5-3-4-13-11-26(23(31)19(13)14)15-7-9-18(27)24-22(15)30/h3-6,8,10,15H,7,9,11H2,1-2H3,(H,24,27,30)(H,25,28,29). The maximum Gasteiger partial charge on any atom is 0.258 e. The van der Waals surface area contributed by atoms with Crippen molar-refractivity contribution < 1.29 is 33.4 Å². The predicted molar refractivity (Wildman–Crippen MR) is 114 cm³/mol. The Bertz CT molecular complexity index is 1190. The van der Waals surface area contributed by atoms with Crippen LogP contribution in [0.4, 0.5) is 0 Å². The van der Waals surface area contributed by atoms with Gasteiger partial charge in [-0.2, -0.15) is 0 Å². The molecule has 1 saturated heterocycles. The molecule has 2 aromatic rings. The molecule has 0 bridgehead atoms. The molecule has 2 heterocycles. The largest absolute Gasteiger partial charge is 0.493 e. The molecule has 33 heavy (non-hydrogen) atoms. The molecule has 2 aliphatic heterocycles. The number of methoxy groups -OCH3 is 2. The second kappa shape index (κ2) is 8.73. The van der Waals surface area contributed by atoms with E-state index in [1.165, 1.54) is 37.3 Å². The van der Waals surface area contributed by atoms with Crippen LogP contribution in [0, 0.1) is 0 Å². The highest BCUT2D eigenvalue weighted by Crippen LogP contribution is 2.30. The molecule has 2 aromatic carbocycles. The number of nitrogens with one attached hydrogen (secondary N) is 2. The minimum absolute atomic E-state index is 0.0288. The summed E-state index contributed by atoms with van der Waals surface area (Å²) in [5.41, 5.74) is 0.905. The Labute approximate surface area is 188 Å². The van der Waals surface area contributed by atoms with Gasteiger partial charge in [0.15, 0.2) is 11.5 Å². The first-order valence-electron chi connectivity index (χ1n) is 10.2. The minimum Gasteiger partial charge on any atom is -0.493 e. The average Bonchev–Trinajstić information content (AvgIpc) is 3.14. The molecular formula is C23H21N3O7. The van der Waals surface area contributed by atoms with E-state index in [2.05, 4.69) is 10.6 Å². The Morgan fingerprint density at radius 2 is 1.79 bits per heavy atom. The summed E-state index contributed by atoms with van der Waals surface area (Å²) in [6.45, 7) is 0.130. The van der Waals surface area contributed by atoms with Gasteiger partial charge in [-0.3, -0.25) is 34.6 Å². The zero-order valence-corrected chi connectivity index (χ0v) is 18.0. The van der Waals surface area contributed by atoms with E-state index in [-0.39, 0.29) is 42.0 Å². The van der Waals surface area contributed by atoms with Crippen molar-refractivity contribution in [1.29, 1.82) is 0 Å². The van der Waals surface area contributed by atoms with Crippen LogP contribution in [0.1, 0.15) is 49.5 Å². The second-order valence-electron chi connectivity index (χ2n) is 7.59. The van der Waals surface area contributed by atoms with Crippen molar-refractivity contribution >= 4 is 29.5 Å². The van der Waals surface area contributed by atoms with Gasteiger partial charge in [0, 0.05) is 18.5 Å². The monoisotopic (exact) mass is 451 g/mol. The van der Waals surface area contributed by atoms with Crippen molar-refractivity contribution in [3.05, 3.63) is 58.7 Å². The van der Waals surface area contributed by atoms with E-state index in [1.807, 2.05) is 0 Å². The first-order valence-corrected chi connectivity index (χ1v) is 10.2. The summed E-state index contributed by atoms with van der Waals surface area (Å²) in [7, 11) is 2.89. The van der Waals surface area contributed by atoms with Crippen LogP contribution in [0.2, 0.25) is 0 Å². The number of ether oxygens (including phenoxy) is 2. The Hall–Kier alpha value is -4.21. The molecule has 10 nitrogen and oxygen atoms in total. The van der Waals surface area contributed by atoms with Crippen LogP contribution in [0.25, 0.3) is 0 Å². The van der Waals surface area contributed by atoms with E-state index >= 15 is 0 Å². The van der Waals surface area contributed by atoms with Crippen LogP contribution in [-0.4, -0.2) is 54.7 Å². The van der Waals surface area contributed by atoms with Crippen molar-refractivity contribution in [2.75, 3.05) is 14.2 Å². The molecule has 0 aliphatic carbocycles. The molecule has 1 fully saturated rings. The van der Waals surface area contributed by atoms with Gasteiger partial charge in [-0.25, -0.2) is 0 Å². The third-order valence-electron chi connectivity index (χ3n) is 5.67. The molecule has 5 amide bonds. The van der Waals surface area contributed by atoms with Gasteiger partial charge in [-0.15, -0.1) is 0 Å². The smallest absolute Gasteiger partial charge is 0.258 e. The third-order valence-corrected chi connectivity index (χ3v) is 5.67. The van der Waals surface area contributed by atoms with Crippen molar-refractivity contribution in [2.45, 2.75) is 25.4 Å². The van der Waals surface area contributed by atoms with Gasteiger partial charge in [0.1, 0.15) is 6.04 Å². The second-order valence-corrected chi connectivity index (χ2v) is 7.59. The first-order chi connectivity index (χ1) is 15.8. The summed E-state index contributed by atoms with van der Waals surface area (Å²) in [6.07, 6.45) is 0.341. The number of hydrogen-bond donors (Lipinski definition) is 2. The fraction of sp³-hybridized carbons (Fsp3) is 0.261. The molecule has 1 atom stereocenters. The zero-order valence-electron chi connectivity index (χ0n) is 18.0. The van der Waals surface area contributed by atoms with Crippen molar-refractivity contribution in [2.24, 2.45) is 0 Å². The summed E-state index contributed by atoms with van der Waals surface area (Å²) < 4.78 is 10.3. The summed E-state index contributed by atoms with van der Waals surface area (Å²) in [5, 5.41) is 4.53. The Morgan fingerprint density at radius 1 is 1.03 bits per heavy atom. The number of hydrogen-bond acceptors (Lipinski definition) is 7. The van der Waals surface area contributed by atoms with E-state index in [1.54, 1.807) is 18.2 Å². The normalized spacial score (nSPS) is 17.3. The molecule has 0 aromatic heterocycles. The number of piperidine rings is 1. The molecule has 170 valence electrons. The lowest BCUT2D eigenvalue weighted by molar-refractivity contribution is -0.136. The SMILES string of the molecule is COc1ccc(C(=O)NC(=O)c2cccc3c2C(=O)N(C2CCC(=O)NC2=O)C3)cc1OC. The van der Waals surface area contributed by atoms with E-state index < -0.39 is 29.7 Å². The van der Waals surface area contributed by atoms with Crippen LogP contribution in [0.3, 0.4) is 0 Å². The topological polar surface area (TPSA) is 131 Å². The third kappa shape index (κ3) is 4.02. The summed E-state index contributed by atoms with van der Waals surface area (Å²) in [6, 6.07) is 8.40. The lowest BCUT2D eigenvalue weighted by atomic mass is 10.0. The molecule has 1 unspecified atom stereocenters. The number of nitrogens with zero attached hydrogens (tertiary/aromatic N) is 1. The summed E-state index contributed by atoms with van der Waals surface area (Å²) in [5.74, 6) is -2.08. The number of rotatable bonds is 5. The predicted octanol–water partition coefficient (Wildman–Crippen LogP) is 1.03. The lowest BCUT2D eigenvalue weighted by Crippen LogP contribution is -2.52. The lowest BCUT2D eigenvalue weighted by Gasteiger charge is -2.29. The highest BCUT2D eigenvalue weighted by molar-refractivity contribution is 6.16. The van der Waals surface area contributed by atoms with Crippen LogP contribution in [-0.2, 0) is 16.1 Å². The van der Waals surface area contributed by atoms with Crippen LogP contribution in [0.15, 0.2) is 36.4 Å². The van der Waals surface area contributed by atoms with E-state index in [0.29, 0.717) is 17.1 Å².